The lowest BCUT2D eigenvalue weighted by molar-refractivity contribution is -0.195. The van der Waals surface area contributed by atoms with Crippen LogP contribution in [0.5, 0.6) is 0 Å². The first kappa shape index (κ1) is 67.8. The van der Waals surface area contributed by atoms with Gasteiger partial charge in [-0.25, -0.2) is 9.59 Å². The summed E-state index contributed by atoms with van der Waals surface area (Å²) in [6, 6.07) is -1.71. The Hall–Kier alpha value is -4.25. The van der Waals surface area contributed by atoms with Crippen molar-refractivity contribution >= 4 is 94.5 Å². The third kappa shape index (κ3) is 30.7. The molecule has 4 rings (SSSR count). The highest BCUT2D eigenvalue weighted by atomic mass is 32.2. The quantitative estimate of drug-likeness (QED) is 0.0450. The predicted molar refractivity (Wildman–Crippen MR) is 274 cm³/mol. The molecule has 4 aliphatic rings. The van der Waals surface area contributed by atoms with Gasteiger partial charge in [-0.05, 0) is 38.6 Å². The second-order valence-corrected chi connectivity index (χ2v) is 19.3. The van der Waals surface area contributed by atoms with Gasteiger partial charge < -0.3 is 66.1 Å². The van der Waals surface area contributed by atoms with Crippen LogP contribution in [0.2, 0.25) is 0 Å². The van der Waals surface area contributed by atoms with Crippen molar-refractivity contribution in [2.75, 3.05) is 127 Å². The molecule has 0 aliphatic carbocycles. The molecule has 0 radical (unpaired) electrons. The van der Waals surface area contributed by atoms with Gasteiger partial charge in [-0.15, -0.1) is 16.8 Å². The van der Waals surface area contributed by atoms with Gasteiger partial charge in [0.2, 0.25) is 29.5 Å². The number of ether oxygens (including phenoxy) is 3. The molecule has 27 heteroatoms. The number of hydrogen-bond donors (Lipinski definition) is 6. The number of morpholine rings is 3. The Morgan fingerprint density at radius 1 is 0.597 bits per heavy atom. The van der Waals surface area contributed by atoms with E-state index in [1.807, 2.05) is 0 Å². The van der Waals surface area contributed by atoms with Crippen molar-refractivity contribution in [2.24, 2.45) is 11.5 Å². The van der Waals surface area contributed by atoms with Crippen LogP contribution in [-0.2, 0) is 67.0 Å². The topological polar surface area (TPSA) is 337 Å². The van der Waals surface area contributed by atoms with Crippen LogP contribution in [0.15, 0.2) is 0 Å². The van der Waals surface area contributed by atoms with Crippen LogP contribution in [0.4, 0.5) is 0 Å². The van der Waals surface area contributed by atoms with E-state index in [1.165, 1.54) is 35.3 Å². The number of rotatable bonds is 28. The fraction of sp³-hybridized carbons (Fsp3) is 0.778. The number of amides is 7. The summed E-state index contributed by atoms with van der Waals surface area (Å²) in [6.45, 7) is 7.98. The molecular weight excluding hydrogens is 1000 g/mol. The summed E-state index contributed by atoms with van der Waals surface area (Å²) in [4.78, 5) is 126. The number of nitrogens with two attached hydrogens (primary N) is 2. The number of imide groups is 1. The highest BCUT2D eigenvalue weighted by Crippen LogP contribution is 2.14. The van der Waals surface area contributed by atoms with Crippen molar-refractivity contribution in [1.82, 2.24) is 30.4 Å². The summed E-state index contributed by atoms with van der Waals surface area (Å²) in [5.74, 6) is -2.14. The third-order valence-corrected chi connectivity index (χ3v) is 13.4. The largest absolute Gasteiger partial charge is 0.480 e. The average Bonchev–Trinajstić information content (AvgIpc) is 3.68. The Bertz CT molecular complexity index is 1650. The molecule has 2 atom stereocenters. The number of carbonyl (C=O) groups excluding carboxylic acids is 8. The monoisotopic (exact) mass is 1080 g/mol. The van der Waals surface area contributed by atoms with E-state index in [9.17, 15) is 53.1 Å². The molecule has 0 saturated carbocycles. The molecule has 4 fully saturated rings. The normalized spacial score (nSPS) is 16.2. The molecule has 414 valence electrons. The van der Waals surface area contributed by atoms with Crippen LogP contribution < -0.4 is 22.1 Å². The van der Waals surface area contributed by atoms with Gasteiger partial charge in [0.15, 0.2) is 0 Å². The molecule has 2 unspecified atom stereocenters. The molecule has 0 aromatic heterocycles. The maximum Gasteiger partial charge on any atom is 0.342 e. The van der Waals surface area contributed by atoms with E-state index >= 15 is 0 Å². The van der Waals surface area contributed by atoms with Gasteiger partial charge in [0.1, 0.15) is 12.1 Å². The Morgan fingerprint density at radius 2 is 1.01 bits per heavy atom. The second-order valence-electron chi connectivity index (χ2n) is 16.0. The summed E-state index contributed by atoms with van der Waals surface area (Å²) in [7, 11) is 0. The Kier molecular flexibility index (Phi) is 38.7. The first-order valence-electron chi connectivity index (χ1n) is 23.5. The maximum atomic E-state index is 12.1. The van der Waals surface area contributed by atoms with Gasteiger partial charge in [-0.2, -0.15) is 23.5 Å². The molecule has 0 aromatic rings. The summed E-state index contributed by atoms with van der Waals surface area (Å²) in [5.41, 5.74) is 10.4. The molecule has 0 bridgehead atoms. The minimum atomic E-state index is -1.10. The molecular formula is C45H80N8O16S3. The van der Waals surface area contributed by atoms with Gasteiger partial charge in [0.25, 0.3) is 11.8 Å². The molecule has 7 amide bonds. The lowest BCUT2D eigenvalue weighted by Gasteiger charge is -2.26. The lowest BCUT2D eigenvalue weighted by atomic mass is 10.1. The van der Waals surface area contributed by atoms with E-state index in [0.29, 0.717) is 153 Å². The van der Waals surface area contributed by atoms with Crippen LogP contribution in [-0.4, -0.2) is 228 Å². The van der Waals surface area contributed by atoms with E-state index in [0.717, 1.165) is 12.8 Å². The highest BCUT2D eigenvalue weighted by molar-refractivity contribution is 8.00. The van der Waals surface area contributed by atoms with Gasteiger partial charge in [0.05, 0.1) is 56.9 Å². The Morgan fingerprint density at radius 3 is 1.43 bits per heavy atom. The van der Waals surface area contributed by atoms with Crippen molar-refractivity contribution in [1.29, 1.82) is 0 Å². The van der Waals surface area contributed by atoms with Crippen LogP contribution in [0, 0.1) is 0 Å². The van der Waals surface area contributed by atoms with E-state index < -0.39 is 41.8 Å². The van der Waals surface area contributed by atoms with Crippen molar-refractivity contribution in [3.63, 3.8) is 0 Å². The second kappa shape index (κ2) is 41.1. The maximum absolute atomic E-state index is 12.1. The predicted octanol–water partition coefficient (Wildman–Crippen LogP) is 0.182. The first-order chi connectivity index (χ1) is 33.6. The minimum absolute atomic E-state index is 0. The third-order valence-electron chi connectivity index (χ3n) is 10.5. The zero-order chi connectivity index (χ0) is 51.5. The fourth-order valence-electron chi connectivity index (χ4n) is 6.54. The van der Waals surface area contributed by atoms with Crippen LogP contribution >= 0.6 is 35.3 Å². The number of carboxylic acids is 2. The molecule has 4 aliphatic heterocycles. The van der Waals surface area contributed by atoms with E-state index in [4.69, 9.17) is 35.6 Å². The molecule has 0 spiro atoms. The van der Waals surface area contributed by atoms with E-state index in [-0.39, 0.29) is 80.9 Å². The van der Waals surface area contributed by atoms with E-state index in [1.54, 1.807) is 14.7 Å². The fourth-order valence-corrected chi connectivity index (χ4v) is 8.71. The number of nitrogens with zero attached hydrogens (tertiary/aromatic N) is 4. The Labute approximate surface area is 436 Å². The smallest absolute Gasteiger partial charge is 0.342 e. The van der Waals surface area contributed by atoms with Crippen molar-refractivity contribution in [2.45, 2.75) is 97.6 Å². The minimum Gasteiger partial charge on any atom is -0.480 e. The molecule has 4 saturated heterocycles. The summed E-state index contributed by atoms with van der Waals surface area (Å²) in [5, 5.41) is 23.6. The lowest BCUT2D eigenvalue weighted by Crippen LogP contribution is -2.42. The molecule has 4 heterocycles. The summed E-state index contributed by atoms with van der Waals surface area (Å²) in [6.07, 6.45) is 4.75. The summed E-state index contributed by atoms with van der Waals surface area (Å²) >= 11 is 3.94. The number of nitrogens with one attached hydrogen (secondary N) is 2. The van der Waals surface area contributed by atoms with Crippen molar-refractivity contribution in [3.05, 3.63) is 0 Å². The molecule has 8 N–H and O–H groups in total. The SMILES string of the molecule is C.C.NCCCCC(N)C(=O)O.O=C(CSCCC(=O)N1CCOCC1)NCCCCC(NC(=O)CSCCC(=O)N1CCOCC1)C(=O)O.O=C(CSCCC(=O)N1CCOCC1)ON1C(=O)CCC1=O. The summed E-state index contributed by atoms with van der Waals surface area (Å²) < 4.78 is 15.6. The first-order valence-corrected chi connectivity index (χ1v) is 26.9. The van der Waals surface area contributed by atoms with Gasteiger partial charge >= 0.3 is 17.9 Å². The number of thioether (sulfide) groups is 3. The van der Waals surface area contributed by atoms with Gasteiger partial charge in [-0.1, -0.05) is 21.3 Å². The zero-order valence-corrected chi connectivity index (χ0v) is 42.3. The zero-order valence-electron chi connectivity index (χ0n) is 39.9. The molecule has 24 nitrogen and oxygen atoms in total. The van der Waals surface area contributed by atoms with Crippen LogP contribution in [0.1, 0.15) is 85.5 Å². The Balaban J connectivity index is 0.00000124. The van der Waals surface area contributed by atoms with Crippen LogP contribution in [0.25, 0.3) is 0 Å². The van der Waals surface area contributed by atoms with Gasteiger partial charge in [-0.3, -0.25) is 38.4 Å². The van der Waals surface area contributed by atoms with E-state index in [2.05, 4.69) is 10.6 Å². The standard InChI is InChI=1S/C24H40N4O8S2.C13H18N2O6S.C6H14N2O2.2CH4/c29-20(17-37-15-4-22(31)27-7-11-35-12-8-27)25-6-2-1-3-19(24(33)34)26-21(30)18-38-16-5-23(32)28-9-13-36-14-10-28;16-10(14-4-6-20-7-5-14)3-8-22-9-13(19)21-15-11(17)1-2-12(15)18;7-4-2-1-3-5(8)6(9)10;;/h19H,1-18H2,(H,25,29)(H,26,30)(H,33,34);1-9H2;5H,1-4,7-8H2,(H,9,10);2*1H4. The number of carbonyl (C=O) groups is 10. The number of hydrogen-bond acceptors (Lipinski definition) is 19. The number of aliphatic carboxylic acids is 2. The highest BCUT2D eigenvalue weighted by Gasteiger charge is 2.33. The molecule has 72 heavy (non-hydrogen) atoms. The van der Waals surface area contributed by atoms with Crippen molar-refractivity contribution < 1.29 is 77.2 Å². The van der Waals surface area contributed by atoms with Crippen LogP contribution in [0.3, 0.4) is 0 Å². The number of unbranched alkanes of at least 4 members (excludes halogenated alkanes) is 2. The number of hydroxylamine groups is 2. The van der Waals surface area contributed by atoms with Gasteiger partial charge in [0, 0.05) is 95.2 Å². The van der Waals surface area contributed by atoms with Crippen molar-refractivity contribution in [3.8, 4) is 0 Å². The molecule has 0 aromatic carbocycles. The number of carboxylic acid groups (broad SMARTS) is 2. The average molecular weight is 1090 g/mol.